The Balaban J connectivity index is 3.92. The van der Waals surface area contributed by atoms with Crippen LogP contribution in [0.3, 0.4) is 0 Å². The van der Waals surface area contributed by atoms with E-state index >= 15 is 0 Å². The van der Waals surface area contributed by atoms with Crippen LogP contribution in [-0.2, 0) is 14.3 Å². The number of aliphatic hydroxyl groups excluding tert-OH is 1. The Hall–Kier alpha value is -1.36. The average molecular weight is 188 g/mol. The molecule has 0 aromatic heterocycles. The molecule has 2 N–H and O–H groups in total. The van der Waals surface area contributed by atoms with Crippen LogP contribution in [0.25, 0.3) is 0 Å². The maximum atomic E-state index is 10.8. The van der Waals surface area contributed by atoms with E-state index in [2.05, 4.69) is 4.74 Å². The highest BCUT2D eigenvalue weighted by Gasteiger charge is 2.08. The maximum absolute atomic E-state index is 10.8. The fraction of sp³-hybridized carbons (Fsp3) is 0.500. The third-order valence-electron chi connectivity index (χ3n) is 1.30. The van der Waals surface area contributed by atoms with Crippen molar-refractivity contribution in [1.29, 1.82) is 0 Å². The first-order valence-electron chi connectivity index (χ1n) is 3.82. The van der Waals surface area contributed by atoms with E-state index in [0.29, 0.717) is 12.5 Å². The molecule has 74 valence electrons. The van der Waals surface area contributed by atoms with Gasteiger partial charge in [-0.2, -0.15) is 0 Å². The lowest BCUT2D eigenvalue weighted by molar-refractivity contribution is -0.145. The first-order valence-corrected chi connectivity index (χ1v) is 3.82. The highest BCUT2D eigenvalue weighted by molar-refractivity contribution is 5.90. The van der Waals surface area contributed by atoms with Crippen molar-refractivity contribution < 1.29 is 24.5 Å². The number of esters is 1. The zero-order valence-corrected chi connectivity index (χ0v) is 7.27. The minimum Gasteiger partial charge on any atom is -0.478 e. The van der Waals surface area contributed by atoms with Crippen LogP contribution in [0.5, 0.6) is 0 Å². The summed E-state index contributed by atoms with van der Waals surface area (Å²) in [6.07, 6.45) is 1.42. The molecule has 0 radical (unpaired) electrons. The molecule has 0 saturated heterocycles. The molecule has 5 heteroatoms. The monoisotopic (exact) mass is 188 g/mol. The van der Waals surface area contributed by atoms with E-state index < -0.39 is 18.0 Å². The third kappa shape index (κ3) is 5.86. The molecule has 0 saturated carbocycles. The fourth-order valence-electron chi connectivity index (χ4n) is 0.593. The molecule has 13 heavy (non-hydrogen) atoms. The Morgan fingerprint density at radius 3 is 2.46 bits per heavy atom. The molecule has 0 heterocycles. The van der Waals surface area contributed by atoms with Gasteiger partial charge in [-0.3, -0.25) is 0 Å². The number of ether oxygens (including phenoxy) is 1. The fourth-order valence-corrected chi connectivity index (χ4v) is 0.593. The van der Waals surface area contributed by atoms with Gasteiger partial charge in [0.1, 0.15) is 6.10 Å². The summed E-state index contributed by atoms with van der Waals surface area (Å²) in [4.78, 5) is 20.8. The van der Waals surface area contributed by atoms with Crippen molar-refractivity contribution in [2.24, 2.45) is 0 Å². The Labute approximate surface area is 75.6 Å². The Morgan fingerprint density at radius 2 is 2.08 bits per heavy atom. The number of carbonyl (C=O) groups is 2. The minimum atomic E-state index is -1.21. The quantitative estimate of drug-likeness (QED) is 0.466. The van der Waals surface area contributed by atoms with Gasteiger partial charge in [-0.1, -0.05) is 6.92 Å². The normalized spacial score (nSPS) is 12.8. The number of hydrogen-bond donors (Lipinski definition) is 2. The number of rotatable bonds is 5. The standard InChI is InChI=1S/C8H12O5/c1-2-6(5-9)13-8(12)4-3-7(10)11/h3-4,6,9H,2,5H2,1H3,(H,10,11)/b4-3-. The summed E-state index contributed by atoms with van der Waals surface area (Å²) in [5.74, 6) is -1.97. The van der Waals surface area contributed by atoms with Crippen molar-refractivity contribution in [1.82, 2.24) is 0 Å². The van der Waals surface area contributed by atoms with Crippen LogP contribution < -0.4 is 0 Å². The summed E-state index contributed by atoms with van der Waals surface area (Å²) in [6, 6.07) is 0. The second-order valence-electron chi connectivity index (χ2n) is 2.32. The van der Waals surface area contributed by atoms with Crippen LogP contribution in [0, 0.1) is 0 Å². The Morgan fingerprint density at radius 1 is 1.46 bits per heavy atom. The van der Waals surface area contributed by atoms with E-state index in [1.165, 1.54) is 0 Å². The molecule has 5 nitrogen and oxygen atoms in total. The van der Waals surface area contributed by atoms with Gasteiger partial charge in [-0.25, -0.2) is 9.59 Å². The van der Waals surface area contributed by atoms with Crippen molar-refractivity contribution in [3.63, 3.8) is 0 Å². The van der Waals surface area contributed by atoms with Gasteiger partial charge < -0.3 is 14.9 Å². The predicted molar refractivity (Wildman–Crippen MR) is 44.0 cm³/mol. The van der Waals surface area contributed by atoms with Gasteiger partial charge in [0.25, 0.3) is 0 Å². The van der Waals surface area contributed by atoms with Crippen molar-refractivity contribution >= 4 is 11.9 Å². The van der Waals surface area contributed by atoms with Crippen LogP contribution in [0.2, 0.25) is 0 Å². The second-order valence-corrected chi connectivity index (χ2v) is 2.32. The molecule has 0 aliphatic carbocycles. The van der Waals surface area contributed by atoms with E-state index in [4.69, 9.17) is 10.2 Å². The number of carboxylic acid groups (broad SMARTS) is 1. The van der Waals surface area contributed by atoms with Gasteiger partial charge in [0.05, 0.1) is 6.61 Å². The molecule has 0 aliphatic rings. The lowest BCUT2D eigenvalue weighted by Crippen LogP contribution is -2.19. The van der Waals surface area contributed by atoms with Gasteiger partial charge in [0.2, 0.25) is 0 Å². The van der Waals surface area contributed by atoms with E-state index in [9.17, 15) is 9.59 Å². The summed E-state index contributed by atoms with van der Waals surface area (Å²) >= 11 is 0. The third-order valence-corrected chi connectivity index (χ3v) is 1.30. The van der Waals surface area contributed by atoms with Gasteiger partial charge in [-0.15, -0.1) is 0 Å². The first kappa shape index (κ1) is 11.6. The second kappa shape index (κ2) is 6.19. The van der Waals surface area contributed by atoms with E-state index in [1.54, 1.807) is 6.92 Å². The molecule has 1 unspecified atom stereocenters. The zero-order valence-electron chi connectivity index (χ0n) is 7.27. The van der Waals surface area contributed by atoms with Crippen molar-refractivity contribution in [3.05, 3.63) is 12.2 Å². The maximum Gasteiger partial charge on any atom is 0.331 e. The largest absolute Gasteiger partial charge is 0.478 e. The van der Waals surface area contributed by atoms with Gasteiger partial charge in [0, 0.05) is 12.2 Å². The first-order chi connectivity index (χ1) is 6.10. The predicted octanol–water partition coefficient (Wildman–Crippen LogP) is -0.0587. The molecule has 0 aromatic rings. The molecule has 0 aromatic carbocycles. The number of aliphatic carboxylic acids is 1. The summed E-state index contributed by atoms with van der Waals surface area (Å²) < 4.78 is 4.66. The average Bonchev–Trinajstić information content (AvgIpc) is 2.10. The zero-order chi connectivity index (χ0) is 10.3. The van der Waals surface area contributed by atoms with Crippen LogP contribution in [0.15, 0.2) is 12.2 Å². The summed E-state index contributed by atoms with van der Waals surface area (Å²) in [5, 5.41) is 16.8. The molecule has 0 fully saturated rings. The molecule has 0 spiro atoms. The summed E-state index contributed by atoms with van der Waals surface area (Å²) in [5.41, 5.74) is 0. The van der Waals surface area contributed by atoms with Gasteiger partial charge in [0.15, 0.2) is 0 Å². The highest BCUT2D eigenvalue weighted by atomic mass is 16.5. The number of carboxylic acids is 1. The molecule has 0 amide bonds. The Kier molecular flexibility index (Phi) is 5.54. The Bertz CT molecular complexity index is 205. The van der Waals surface area contributed by atoms with Crippen molar-refractivity contribution in [3.8, 4) is 0 Å². The smallest absolute Gasteiger partial charge is 0.331 e. The number of aliphatic hydroxyl groups is 1. The number of carbonyl (C=O) groups excluding carboxylic acids is 1. The molecular weight excluding hydrogens is 176 g/mol. The summed E-state index contributed by atoms with van der Waals surface area (Å²) in [6.45, 7) is 1.48. The van der Waals surface area contributed by atoms with Crippen molar-refractivity contribution in [2.45, 2.75) is 19.4 Å². The van der Waals surface area contributed by atoms with E-state index in [0.717, 1.165) is 6.08 Å². The van der Waals surface area contributed by atoms with E-state index in [1.807, 2.05) is 0 Å². The van der Waals surface area contributed by atoms with Crippen LogP contribution in [0.1, 0.15) is 13.3 Å². The minimum absolute atomic E-state index is 0.261. The van der Waals surface area contributed by atoms with Crippen LogP contribution in [0.4, 0.5) is 0 Å². The van der Waals surface area contributed by atoms with Crippen molar-refractivity contribution in [2.75, 3.05) is 6.61 Å². The number of hydrogen-bond acceptors (Lipinski definition) is 4. The molecular formula is C8H12O5. The van der Waals surface area contributed by atoms with E-state index in [-0.39, 0.29) is 6.61 Å². The van der Waals surface area contributed by atoms with Gasteiger partial charge >= 0.3 is 11.9 Å². The summed E-state index contributed by atoms with van der Waals surface area (Å²) in [7, 11) is 0. The molecule has 0 bridgehead atoms. The van der Waals surface area contributed by atoms with Gasteiger partial charge in [-0.05, 0) is 6.42 Å². The molecule has 0 aliphatic heterocycles. The lowest BCUT2D eigenvalue weighted by atomic mass is 10.3. The topological polar surface area (TPSA) is 83.8 Å². The SMILES string of the molecule is CCC(CO)OC(=O)/C=C\C(=O)O. The van der Waals surface area contributed by atoms with Crippen LogP contribution >= 0.6 is 0 Å². The molecule has 0 rings (SSSR count). The van der Waals surface area contributed by atoms with Crippen LogP contribution in [-0.4, -0.2) is 34.9 Å². The highest BCUT2D eigenvalue weighted by Crippen LogP contribution is 1.97. The molecule has 1 atom stereocenters. The lowest BCUT2D eigenvalue weighted by Gasteiger charge is -2.10.